The summed E-state index contributed by atoms with van der Waals surface area (Å²) in [6.07, 6.45) is 1.85. The second-order valence-corrected chi connectivity index (χ2v) is 6.25. The number of piperazine rings is 1. The van der Waals surface area contributed by atoms with Crippen LogP contribution in [0.5, 0.6) is 0 Å². The number of nitrogens with one attached hydrogen (secondary N) is 1. The van der Waals surface area contributed by atoms with Crippen LogP contribution in [-0.4, -0.2) is 55.6 Å². The molecule has 2 rings (SSSR count). The Hall–Kier alpha value is -1.09. The molecule has 6 nitrogen and oxygen atoms in total. The number of aliphatic imine (C=N–C) groups is 1. The molecule has 1 saturated heterocycles. The number of likely N-dealkylation sites (N-methyl/N-ethyl adjacent to an activating group) is 1. The summed E-state index contributed by atoms with van der Waals surface area (Å²) < 4.78 is 0. The van der Waals surface area contributed by atoms with Gasteiger partial charge in [-0.05, 0) is 19.0 Å². The maximum absolute atomic E-state index is 5.91. The van der Waals surface area contributed by atoms with Gasteiger partial charge in [-0.2, -0.15) is 0 Å². The van der Waals surface area contributed by atoms with Crippen molar-refractivity contribution in [2.75, 3.05) is 44.7 Å². The molecule has 1 fully saturated rings. The summed E-state index contributed by atoms with van der Waals surface area (Å²) in [5, 5.41) is 3.14. The Balaban J connectivity index is 0.00000264. The molecule has 1 aliphatic rings. The normalized spacial score (nSPS) is 16.3. The number of anilines is 1. The summed E-state index contributed by atoms with van der Waals surface area (Å²) in [7, 11) is 2.15. The average molecular weight is 432 g/mol. The number of aromatic nitrogens is 1. The van der Waals surface area contributed by atoms with Crippen LogP contribution in [0, 0.1) is 5.92 Å². The second kappa shape index (κ2) is 9.92. The van der Waals surface area contributed by atoms with E-state index in [9.17, 15) is 0 Å². The fraction of sp³-hybridized carbons (Fsp3) is 0.625. The van der Waals surface area contributed by atoms with Crippen LogP contribution >= 0.6 is 24.0 Å². The monoisotopic (exact) mass is 432 g/mol. The van der Waals surface area contributed by atoms with Gasteiger partial charge in [0, 0.05) is 44.5 Å². The van der Waals surface area contributed by atoms with E-state index in [1.54, 1.807) is 0 Å². The molecular formula is C16H29IN6. The molecule has 0 saturated carbocycles. The van der Waals surface area contributed by atoms with E-state index in [4.69, 9.17) is 5.73 Å². The summed E-state index contributed by atoms with van der Waals surface area (Å²) in [6, 6.07) is 4.04. The van der Waals surface area contributed by atoms with E-state index in [2.05, 4.69) is 52.1 Å². The molecule has 0 atom stereocenters. The molecule has 0 aromatic carbocycles. The third-order valence-electron chi connectivity index (χ3n) is 3.78. The van der Waals surface area contributed by atoms with Gasteiger partial charge in [-0.25, -0.2) is 9.98 Å². The van der Waals surface area contributed by atoms with Crippen LogP contribution < -0.4 is 16.0 Å². The highest BCUT2D eigenvalue weighted by Gasteiger charge is 2.17. The lowest BCUT2D eigenvalue weighted by atomic mass is 10.2. The molecule has 3 N–H and O–H groups in total. The maximum Gasteiger partial charge on any atom is 0.188 e. The fourth-order valence-electron chi connectivity index (χ4n) is 2.39. The van der Waals surface area contributed by atoms with Crippen molar-refractivity contribution in [1.29, 1.82) is 0 Å². The van der Waals surface area contributed by atoms with Gasteiger partial charge >= 0.3 is 0 Å². The lowest BCUT2D eigenvalue weighted by molar-refractivity contribution is 0.312. The van der Waals surface area contributed by atoms with Gasteiger partial charge in [0.25, 0.3) is 0 Å². The summed E-state index contributed by atoms with van der Waals surface area (Å²) in [4.78, 5) is 13.7. The van der Waals surface area contributed by atoms with Crippen LogP contribution in [-0.2, 0) is 6.54 Å². The van der Waals surface area contributed by atoms with E-state index in [0.29, 0.717) is 18.4 Å². The molecule has 0 aliphatic carbocycles. The van der Waals surface area contributed by atoms with Crippen LogP contribution in [0.4, 0.5) is 5.82 Å². The minimum atomic E-state index is 0. The van der Waals surface area contributed by atoms with Crippen molar-refractivity contribution in [2.45, 2.75) is 20.4 Å². The Morgan fingerprint density at radius 3 is 2.70 bits per heavy atom. The molecule has 1 aromatic heterocycles. The molecule has 130 valence electrons. The summed E-state index contributed by atoms with van der Waals surface area (Å²) in [5.41, 5.74) is 7.04. The van der Waals surface area contributed by atoms with Crippen LogP contribution in [0.3, 0.4) is 0 Å². The van der Waals surface area contributed by atoms with Gasteiger partial charge in [0.2, 0.25) is 0 Å². The highest BCUT2D eigenvalue weighted by molar-refractivity contribution is 14.0. The zero-order valence-corrected chi connectivity index (χ0v) is 16.7. The number of nitrogens with zero attached hydrogens (tertiary/aromatic N) is 4. The van der Waals surface area contributed by atoms with Gasteiger partial charge in [0.15, 0.2) is 5.96 Å². The molecule has 0 spiro atoms. The largest absolute Gasteiger partial charge is 0.370 e. The Bertz CT molecular complexity index is 497. The van der Waals surface area contributed by atoms with Crippen LogP contribution in [0.1, 0.15) is 19.4 Å². The highest BCUT2D eigenvalue weighted by atomic mass is 127. The third-order valence-corrected chi connectivity index (χ3v) is 3.78. The molecule has 7 heteroatoms. The van der Waals surface area contributed by atoms with Gasteiger partial charge in [-0.15, -0.1) is 24.0 Å². The maximum atomic E-state index is 5.91. The molecule has 0 amide bonds. The molecular weight excluding hydrogens is 403 g/mol. The van der Waals surface area contributed by atoms with E-state index < -0.39 is 0 Å². The molecule has 0 unspecified atom stereocenters. The van der Waals surface area contributed by atoms with Crippen LogP contribution in [0.2, 0.25) is 0 Å². The van der Waals surface area contributed by atoms with Crippen molar-refractivity contribution >= 4 is 35.8 Å². The van der Waals surface area contributed by atoms with Gasteiger partial charge in [0.05, 0.1) is 6.54 Å². The number of guanidine groups is 1. The Morgan fingerprint density at radius 2 is 2.04 bits per heavy atom. The number of nitrogens with two attached hydrogens (primary N) is 1. The minimum Gasteiger partial charge on any atom is -0.370 e. The van der Waals surface area contributed by atoms with E-state index in [1.807, 2.05) is 12.3 Å². The number of halogens is 1. The summed E-state index contributed by atoms with van der Waals surface area (Å²) >= 11 is 0. The number of hydrogen-bond acceptors (Lipinski definition) is 4. The van der Waals surface area contributed by atoms with Crippen molar-refractivity contribution in [1.82, 2.24) is 15.2 Å². The van der Waals surface area contributed by atoms with Crippen molar-refractivity contribution in [3.8, 4) is 0 Å². The second-order valence-electron chi connectivity index (χ2n) is 6.25. The van der Waals surface area contributed by atoms with E-state index in [-0.39, 0.29) is 24.0 Å². The molecule has 0 radical (unpaired) electrons. The molecule has 0 bridgehead atoms. The van der Waals surface area contributed by atoms with Crippen LogP contribution in [0.25, 0.3) is 0 Å². The van der Waals surface area contributed by atoms with Gasteiger partial charge in [-0.1, -0.05) is 19.9 Å². The van der Waals surface area contributed by atoms with E-state index in [1.165, 1.54) is 0 Å². The topological polar surface area (TPSA) is 69.8 Å². The van der Waals surface area contributed by atoms with Crippen molar-refractivity contribution in [3.05, 3.63) is 23.9 Å². The lowest BCUT2D eigenvalue weighted by Gasteiger charge is -2.34. The SMILES string of the molecule is CC(C)CNC(N)=NCc1cccnc1N1CCN(C)CC1.I. The molecule has 23 heavy (non-hydrogen) atoms. The van der Waals surface area contributed by atoms with Gasteiger partial charge < -0.3 is 20.9 Å². The Labute approximate surface area is 156 Å². The zero-order chi connectivity index (χ0) is 15.9. The van der Waals surface area contributed by atoms with Gasteiger partial charge in [-0.3, -0.25) is 0 Å². The van der Waals surface area contributed by atoms with Crippen molar-refractivity contribution < 1.29 is 0 Å². The van der Waals surface area contributed by atoms with Crippen molar-refractivity contribution in [3.63, 3.8) is 0 Å². The first-order valence-electron chi connectivity index (χ1n) is 7.97. The van der Waals surface area contributed by atoms with Gasteiger partial charge in [0.1, 0.15) is 5.82 Å². The quantitative estimate of drug-likeness (QED) is 0.420. The fourth-order valence-corrected chi connectivity index (χ4v) is 2.39. The number of rotatable bonds is 5. The Morgan fingerprint density at radius 1 is 1.35 bits per heavy atom. The van der Waals surface area contributed by atoms with E-state index >= 15 is 0 Å². The zero-order valence-electron chi connectivity index (χ0n) is 14.3. The first-order chi connectivity index (χ1) is 10.6. The van der Waals surface area contributed by atoms with Crippen LogP contribution in [0.15, 0.2) is 23.3 Å². The Kier molecular flexibility index (Phi) is 8.60. The molecule has 2 heterocycles. The smallest absolute Gasteiger partial charge is 0.188 e. The first kappa shape index (κ1) is 20.0. The highest BCUT2D eigenvalue weighted by Crippen LogP contribution is 2.19. The average Bonchev–Trinajstić information content (AvgIpc) is 2.52. The minimum absolute atomic E-state index is 0. The van der Waals surface area contributed by atoms with Crippen molar-refractivity contribution in [2.24, 2.45) is 16.6 Å². The summed E-state index contributed by atoms with van der Waals surface area (Å²) in [6.45, 7) is 9.84. The first-order valence-corrected chi connectivity index (χ1v) is 7.97. The predicted octanol–water partition coefficient (Wildman–Crippen LogP) is 1.51. The standard InChI is InChI=1S/C16H28N6.HI/c1-13(2)11-19-16(17)20-12-14-5-4-6-18-15(14)22-9-7-21(3)8-10-22;/h4-6,13H,7-12H2,1-3H3,(H3,17,19,20);1H. The third kappa shape index (κ3) is 6.50. The van der Waals surface area contributed by atoms with E-state index in [0.717, 1.165) is 44.1 Å². The molecule has 1 aliphatic heterocycles. The predicted molar refractivity (Wildman–Crippen MR) is 108 cm³/mol. The lowest BCUT2D eigenvalue weighted by Crippen LogP contribution is -2.45. The number of pyridine rings is 1. The summed E-state index contributed by atoms with van der Waals surface area (Å²) in [5.74, 6) is 2.09. The number of hydrogen-bond donors (Lipinski definition) is 2. The molecule has 1 aromatic rings.